The van der Waals surface area contributed by atoms with Crippen molar-refractivity contribution in [1.29, 1.82) is 0 Å². The van der Waals surface area contributed by atoms with E-state index in [0.717, 1.165) is 19.3 Å². The van der Waals surface area contributed by atoms with Crippen LogP contribution < -0.4 is 0 Å². The fraction of sp³-hybridized carbons (Fsp3) is 0.400. The summed E-state index contributed by atoms with van der Waals surface area (Å²) in [7, 11) is 0. The number of fused-ring (bicyclic) bond motifs is 1. The van der Waals surface area contributed by atoms with Gasteiger partial charge in [0, 0.05) is 5.92 Å². The Hall–Kier alpha value is -1.77. The molecular weight excluding hydrogens is 228 g/mol. The second kappa shape index (κ2) is 5.71. The van der Waals surface area contributed by atoms with Crippen LogP contribution >= 0.6 is 0 Å². The Kier molecular flexibility index (Phi) is 4.03. The Labute approximate surface area is 107 Å². The molecule has 0 spiro atoms. The number of carboxylic acid groups (broad SMARTS) is 1. The first-order chi connectivity index (χ1) is 8.72. The van der Waals surface area contributed by atoms with Crippen molar-refractivity contribution in [3.05, 3.63) is 47.2 Å². The van der Waals surface area contributed by atoms with Gasteiger partial charge in [-0.1, -0.05) is 24.3 Å². The molecule has 0 radical (unpaired) electrons. The third-order valence-electron chi connectivity index (χ3n) is 3.28. The van der Waals surface area contributed by atoms with E-state index in [1.807, 2.05) is 12.1 Å². The molecule has 1 N–H and O–H groups in total. The standard InChI is InChI=1S/C15H18O3/c1-2-18-14(15(16)17)10-12-8-5-7-11-6-3-4-9-13(11)12/h3-4,6,9-10,12H,2,5,7-8H2,1H3,(H,16,17)/b14-10-. The molecule has 96 valence electrons. The lowest BCUT2D eigenvalue weighted by atomic mass is 9.82. The van der Waals surface area contributed by atoms with Gasteiger partial charge in [-0.05, 0) is 43.4 Å². The van der Waals surface area contributed by atoms with Gasteiger partial charge in [0.15, 0.2) is 0 Å². The van der Waals surface area contributed by atoms with E-state index in [4.69, 9.17) is 9.84 Å². The Morgan fingerprint density at radius 2 is 2.28 bits per heavy atom. The molecule has 1 aliphatic rings. The van der Waals surface area contributed by atoms with Gasteiger partial charge in [-0.15, -0.1) is 0 Å². The maximum Gasteiger partial charge on any atom is 0.370 e. The molecule has 2 rings (SSSR count). The number of allylic oxidation sites excluding steroid dienone is 1. The Morgan fingerprint density at radius 3 is 3.00 bits per heavy atom. The summed E-state index contributed by atoms with van der Waals surface area (Å²) in [6, 6.07) is 8.25. The van der Waals surface area contributed by atoms with Crippen molar-refractivity contribution in [3.8, 4) is 0 Å². The van der Waals surface area contributed by atoms with E-state index < -0.39 is 5.97 Å². The Balaban J connectivity index is 2.29. The normalized spacial score (nSPS) is 19.2. The molecule has 1 unspecified atom stereocenters. The van der Waals surface area contributed by atoms with Crippen LogP contribution in [0.4, 0.5) is 0 Å². The van der Waals surface area contributed by atoms with Crippen molar-refractivity contribution in [3.63, 3.8) is 0 Å². The number of rotatable bonds is 4. The highest BCUT2D eigenvalue weighted by Gasteiger charge is 2.20. The number of carboxylic acids is 1. The highest BCUT2D eigenvalue weighted by Crippen LogP contribution is 2.33. The molecule has 0 saturated heterocycles. The maximum absolute atomic E-state index is 11.1. The predicted octanol–water partition coefficient (Wildman–Crippen LogP) is 3.11. The first-order valence-corrected chi connectivity index (χ1v) is 6.38. The summed E-state index contributed by atoms with van der Waals surface area (Å²) in [6.07, 6.45) is 4.92. The summed E-state index contributed by atoms with van der Waals surface area (Å²) in [5.41, 5.74) is 2.56. The highest BCUT2D eigenvalue weighted by atomic mass is 16.5. The summed E-state index contributed by atoms with van der Waals surface area (Å²) in [5, 5.41) is 9.09. The van der Waals surface area contributed by atoms with Gasteiger partial charge in [-0.3, -0.25) is 0 Å². The van der Waals surface area contributed by atoms with Crippen LogP contribution in [-0.4, -0.2) is 17.7 Å². The molecule has 1 aromatic carbocycles. The van der Waals surface area contributed by atoms with Crippen LogP contribution in [0, 0.1) is 0 Å². The molecule has 1 aromatic rings. The van der Waals surface area contributed by atoms with Gasteiger partial charge < -0.3 is 9.84 Å². The van der Waals surface area contributed by atoms with E-state index in [-0.39, 0.29) is 11.7 Å². The molecule has 0 heterocycles. The molecule has 18 heavy (non-hydrogen) atoms. The van der Waals surface area contributed by atoms with Crippen molar-refractivity contribution in [1.82, 2.24) is 0 Å². The fourth-order valence-corrected chi connectivity index (χ4v) is 2.48. The zero-order chi connectivity index (χ0) is 13.0. The number of ether oxygens (including phenoxy) is 1. The van der Waals surface area contributed by atoms with Crippen LogP contribution in [0.25, 0.3) is 0 Å². The van der Waals surface area contributed by atoms with E-state index >= 15 is 0 Å². The average Bonchev–Trinajstić information content (AvgIpc) is 2.38. The lowest BCUT2D eigenvalue weighted by Crippen LogP contribution is -2.12. The number of hydrogen-bond acceptors (Lipinski definition) is 2. The number of carbonyl (C=O) groups is 1. The number of hydrogen-bond donors (Lipinski definition) is 1. The first kappa shape index (κ1) is 12.7. The highest BCUT2D eigenvalue weighted by molar-refractivity contribution is 5.84. The second-order valence-electron chi connectivity index (χ2n) is 4.47. The van der Waals surface area contributed by atoms with Crippen molar-refractivity contribution < 1.29 is 14.6 Å². The lowest BCUT2D eigenvalue weighted by molar-refractivity contribution is -0.136. The zero-order valence-electron chi connectivity index (χ0n) is 10.6. The monoisotopic (exact) mass is 246 g/mol. The van der Waals surface area contributed by atoms with Crippen LogP contribution in [0.1, 0.15) is 36.8 Å². The van der Waals surface area contributed by atoms with Gasteiger partial charge in [0.25, 0.3) is 0 Å². The van der Waals surface area contributed by atoms with Gasteiger partial charge in [0.2, 0.25) is 5.76 Å². The van der Waals surface area contributed by atoms with Crippen molar-refractivity contribution in [2.24, 2.45) is 0 Å². The SMILES string of the molecule is CCO/C(=C\C1CCCc2ccccc21)C(=O)O. The van der Waals surface area contributed by atoms with Crippen LogP contribution in [0.15, 0.2) is 36.1 Å². The molecule has 0 saturated carbocycles. The van der Waals surface area contributed by atoms with E-state index in [0.29, 0.717) is 6.61 Å². The molecule has 1 atom stereocenters. The molecule has 3 heteroatoms. The van der Waals surface area contributed by atoms with Gasteiger partial charge >= 0.3 is 5.97 Å². The van der Waals surface area contributed by atoms with Crippen molar-refractivity contribution in [2.75, 3.05) is 6.61 Å². The molecule has 0 aliphatic heterocycles. The minimum Gasteiger partial charge on any atom is -0.487 e. The molecule has 0 bridgehead atoms. The quantitative estimate of drug-likeness (QED) is 0.656. The van der Waals surface area contributed by atoms with Crippen LogP contribution in [0.2, 0.25) is 0 Å². The lowest BCUT2D eigenvalue weighted by Gasteiger charge is -2.23. The third-order valence-corrected chi connectivity index (χ3v) is 3.28. The number of aliphatic carboxylic acids is 1. The summed E-state index contributed by atoms with van der Waals surface area (Å²) >= 11 is 0. The maximum atomic E-state index is 11.1. The first-order valence-electron chi connectivity index (χ1n) is 6.38. The molecule has 0 aromatic heterocycles. The van der Waals surface area contributed by atoms with E-state index in [9.17, 15) is 4.79 Å². The Bertz CT molecular complexity index is 463. The topological polar surface area (TPSA) is 46.5 Å². The van der Waals surface area contributed by atoms with Crippen molar-refractivity contribution in [2.45, 2.75) is 32.1 Å². The fourth-order valence-electron chi connectivity index (χ4n) is 2.48. The van der Waals surface area contributed by atoms with Gasteiger partial charge in [-0.25, -0.2) is 4.79 Å². The summed E-state index contributed by atoms with van der Waals surface area (Å²) < 4.78 is 5.18. The van der Waals surface area contributed by atoms with Gasteiger partial charge in [-0.2, -0.15) is 0 Å². The Morgan fingerprint density at radius 1 is 1.50 bits per heavy atom. The van der Waals surface area contributed by atoms with Gasteiger partial charge in [0.05, 0.1) is 6.61 Å². The molecular formula is C15H18O3. The predicted molar refractivity (Wildman–Crippen MR) is 69.5 cm³/mol. The second-order valence-corrected chi connectivity index (χ2v) is 4.47. The van der Waals surface area contributed by atoms with Gasteiger partial charge in [0.1, 0.15) is 0 Å². The van der Waals surface area contributed by atoms with E-state index in [1.54, 1.807) is 13.0 Å². The van der Waals surface area contributed by atoms with Crippen molar-refractivity contribution >= 4 is 5.97 Å². The summed E-state index contributed by atoms with van der Waals surface area (Å²) in [4.78, 5) is 11.1. The van der Waals surface area contributed by atoms with Crippen LogP contribution in [0.5, 0.6) is 0 Å². The molecule has 1 aliphatic carbocycles. The smallest absolute Gasteiger partial charge is 0.370 e. The summed E-state index contributed by atoms with van der Waals surface area (Å²) in [6.45, 7) is 2.18. The minimum absolute atomic E-state index is 0.0687. The number of aryl methyl sites for hydroxylation is 1. The summed E-state index contributed by atoms with van der Waals surface area (Å²) in [5.74, 6) is -0.758. The van der Waals surface area contributed by atoms with Crippen LogP contribution in [-0.2, 0) is 16.0 Å². The van der Waals surface area contributed by atoms with E-state index in [1.165, 1.54) is 11.1 Å². The minimum atomic E-state index is -0.986. The molecule has 0 fully saturated rings. The zero-order valence-corrected chi connectivity index (χ0v) is 10.6. The van der Waals surface area contributed by atoms with Crippen LogP contribution in [0.3, 0.4) is 0 Å². The number of benzene rings is 1. The third kappa shape index (κ3) is 2.73. The largest absolute Gasteiger partial charge is 0.487 e. The molecule has 0 amide bonds. The average molecular weight is 246 g/mol. The molecule has 3 nitrogen and oxygen atoms in total. The van der Waals surface area contributed by atoms with E-state index in [2.05, 4.69) is 12.1 Å².